The van der Waals surface area contributed by atoms with Crippen LogP contribution in [0, 0.1) is 0 Å². The first kappa shape index (κ1) is 30.0. The van der Waals surface area contributed by atoms with Gasteiger partial charge in [-0.2, -0.15) is 0 Å². The number of imidazole rings is 1. The van der Waals surface area contributed by atoms with E-state index >= 15 is 0 Å². The summed E-state index contributed by atoms with van der Waals surface area (Å²) in [7, 11) is 0. The summed E-state index contributed by atoms with van der Waals surface area (Å²) in [5.41, 5.74) is 14.3. The molecule has 0 spiro atoms. The van der Waals surface area contributed by atoms with Crippen molar-refractivity contribution >= 4 is 71.2 Å². The molecule has 0 fully saturated rings. The number of para-hydroxylation sites is 6. The molecule has 0 radical (unpaired) electrons. The molecule has 0 N–H and O–H groups in total. The van der Waals surface area contributed by atoms with Crippen LogP contribution in [0.25, 0.3) is 105 Å². The first-order valence-electron chi connectivity index (χ1n) is 18.7. The Kier molecular flexibility index (Phi) is 6.27. The molecule has 0 unspecified atom stereocenters. The molecule has 5 nitrogen and oxygen atoms in total. The number of hydrogen-bond donors (Lipinski definition) is 0. The van der Waals surface area contributed by atoms with Crippen molar-refractivity contribution < 1.29 is 0 Å². The zero-order chi connectivity index (χ0) is 36.0. The van der Waals surface area contributed by atoms with Crippen LogP contribution in [0.3, 0.4) is 0 Å². The number of hydrogen-bond acceptors (Lipinski definition) is 2. The molecule has 0 bridgehead atoms. The van der Waals surface area contributed by atoms with Crippen molar-refractivity contribution in [2.45, 2.75) is 0 Å². The molecule has 256 valence electrons. The van der Waals surface area contributed by atoms with Crippen molar-refractivity contribution in [3.63, 3.8) is 0 Å². The van der Waals surface area contributed by atoms with Gasteiger partial charge in [-0.15, -0.1) is 0 Å². The minimum absolute atomic E-state index is 0.828. The molecule has 5 heteroatoms. The van der Waals surface area contributed by atoms with Crippen molar-refractivity contribution in [1.29, 1.82) is 0 Å². The molecule has 12 aromatic rings. The van der Waals surface area contributed by atoms with E-state index in [1.54, 1.807) is 0 Å². The molecule has 4 aromatic heterocycles. The van der Waals surface area contributed by atoms with E-state index in [0.29, 0.717) is 0 Å². The summed E-state index contributed by atoms with van der Waals surface area (Å²) in [4.78, 5) is 10.4. The molecule has 55 heavy (non-hydrogen) atoms. The minimum atomic E-state index is 0.828. The fourth-order valence-corrected chi connectivity index (χ4v) is 8.71. The lowest BCUT2D eigenvalue weighted by Crippen LogP contribution is -2.06. The van der Waals surface area contributed by atoms with Crippen LogP contribution in [0.1, 0.15) is 0 Å². The van der Waals surface area contributed by atoms with E-state index in [-0.39, 0.29) is 0 Å². The molecule has 0 saturated heterocycles. The maximum Gasteiger partial charge on any atom is 0.221 e. The van der Waals surface area contributed by atoms with Gasteiger partial charge in [0.2, 0.25) is 5.95 Å². The average molecular weight is 702 g/mol. The number of nitrogens with zero attached hydrogens (tertiary/aromatic N) is 5. The Labute approximate surface area is 315 Å². The third-order valence-electron chi connectivity index (χ3n) is 11.2. The van der Waals surface area contributed by atoms with Crippen LogP contribution in [0.4, 0.5) is 0 Å². The second-order valence-electron chi connectivity index (χ2n) is 14.3. The SMILES string of the molecule is c1ccc(-n2c3ccccc3c3ccc(-c4ccc(-c5ccc6c(c5)c5ccccc5n6-c5nc6ccccc6c6nc7ccccc7n56)cc4)cc32)cc1. The highest BCUT2D eigenvalue weighted by molar-refractivity contribution is 6.12. The van der Waals surface area contributed by atoms with Gasteiger partial charge in [0, 0.05) is 32.6 Å². The molecule has 12 rings (SSSR count). The normalized spacial score (nSPS) is 12.0. The average Bonchev–Trinajstić information content (AvgIpc) is 3.92. The summed E-state index contributed by atoms with van der Waals surface area (Å²) in [6, 6.07) is 67.2. The van der Waals surface area contributed by atoms with E-state index in [9.17, 15) is 0 Å². The molecule has 0 aliphatic heterocycles. The summed E-state index contributed by atoms with van der Waals surface area (Å²) in [6.45, 7) is 0. The van der Waals surface area contributed by atoms with E-state index in [1.165, 1.54) is 54.8 Å². The van der Waals surface area contributed by atoms with E-state index in [1.807, 2.05) is 12.1 Å². The van der Waals surface area contributed by atoms with Gasteiger partial charge < -0.3 is 4.57 Å². The lowest BCUT2D eigenvalue weighted by molar-refractivity contribution is 0.979. The van der Waals surface area contributed by atoms with Crippen molar-refractivity contribution in [2.75, 3.05) is 0 Å². The standard InChI is InChI=1S/C50H31N5/c1-2-12-36(13-3-1)53-44-19-9-5-14-37(44)39-28-26-35(31-48(39)53)33-24-22-32(23-25-33)34-27-29-46-41(30-34)38-15-6-10-20-45(38)54(46)50-52-42-17-7-4-16-40(42)49-51-43-18-8-11-21-47(43)55(49)50/h1-31H. The van der Waals surface area contributed by atoms with Gasteiger partial charge >= 0.3 is 0 Å². The predicted molar refractivity (Wildman–Crippen MR) is 228 cm³/mol. The van der Waals surface area contributed by atoms with Crippen LogP contribution in [0.15, 0.2) is 188 Å². The molecule has 4 heterocycles. The fraction of sp³-hybridized carbons (Fsp3) is 0. The number of fused-ring (bicyclic) bond motifs is 11. The molecular formula is C50H31N5. The lowest BCUT2D eigenvalue weighted by atomic mass is 9.98. The smallest absolute Gasteiger partial charge is 0.221 e. The van der Waals surface area contributed by atoms with Crippen molar-refractivity contribution in [1.82, 2.24) is 23.5 Å². The van der Waals surface area contributed by atoms with E-state index in [0.717, 1.165) is 50.3 Å². The molecule has 8 aromatic carbocycles. The summed E-state index contributed by atoms with van der Waals surface area (Å²) >= 11 is 0. The fourth-order valence-electron chi connectivity index (χ4n) is 8.71. The van der Waals surface area contributed by atoms with E-state index < -0.39 is 0 Å². The maximum absolute atomic E-state index is 5.33. The maximum atomic E-state index is 5.33. The summed E-state index contributed by atoms with van der Waals surface area (Å²) in [5, 5.41) is 5.93. The van der Waals surface area contributed by atoms with Gasteiger partial charge in [0.15, 0.2) is 0 Å². The first-order chi connectivity index (χ1) is 27.3. The highest BCUT2D eigenvalue weighted by Crippen LogP contribution is 2.38. The second-order valence-corrected chi connectivity index (χ2v) is 14.3. The number of aromatic nitrogens is 5. The topological polar surface area (TPSA) is 40.0 Å². The van der Waals surface area contributed by atoms with Gasteiger partial charge in [0.25, 0.3) is 0 Å². The Morgan fingerprint density at radius 2 is 0.836 bits per heavy atom. The van der Waals surface area contributed by atoms with Crippen LogP contribution in [0.2, 0.25) is 0 Å². The minimum Gasteiger partial charge on any atom is -0.309 e. The quantitative estimate of drug-likeness (QED) is 0.183. The van der Waals surface area contributed by atoms with Crippen LogP contribution < -0.4 is 0 Å². The van der Waals surface area contributed by atoms with Crippen LogP contribution in [0.5, 0.6) is 0 Å². The van der Waals surface area contributed by atoms with Gasteiger partial charge in [0.05, 0.1) is 38.6 Å². The highest BCUT2D eigenvalue weighted by Gasteiger charge is 2.20. The van der Waals surface area contributed by atoms with Crippen LogP contribution in [-0.2, 0) is 0 Å². The van der Waals surface area contributed by atoms with Gasteiger partial charge in [0.1, 0.15) is 5.65 Å². The Morgan fingerprint density at radius 1 is 0.309 bits per heavy atom. The van der Waals surface area contributed by atoms with E-state index in [4.69, 9.17) is 9.97 Å². The second kappa shape index (κ2) is 11.5. The lowest BCUT2D eigenvalue weighted by Gasteiger charge is -2.12. The first-order valence-corrected chi connectivity index (χ1v) is 18.7. The number of benzene rings is 8. The van der Waals surface area contributed by atoms with Gasteiger partial charge in [-0.05, 0) is 89.0 Å². The molecule has 0 atom stereocenters. The third kappa shape index (κ3) is 4.41. The van der Waals surface area contributed by atoms with E-state index in [2.05, 4.69) is 189 Å². The van der Waals surface area contributed by atoms with Crippen LogP contribution >= 0.6 is 0 Å². The molecular weight excluding hydrogens is 671 g/mol. The highest BCUT2D eigenvalue weighted by atomic mass is 15.2. The van der Waals surface area contributed by atoms with Crippen LogP contribution in [-0.4, -0.2) is 23.5 Å². The summed E-state index contributed by atoms with van der Waals surface area (Å²) in [6.07, 6.45) is 0. The van der Waals surface area contributed by atoms with Crippen molar-refractivity contribution in [2.24, 2.45) is 0 Å². The molecule has 0 aliphatic rings. The summed E-state index contributed by atoms with van der Waals surface area (Å²) < 4.78 is 6.89. The molecule has 0 aliphatic carbocycles. The van der Waals surface area contributed by atoms with Gasteiger partial charge in [-0.25, -0.2) is 9.97 Å². The zero-order valence-corrected chi connectivity index (χ0v) is 29.6. The molecule has 0 saturated carbocycles. The Hall–Kier alpha value is -7.50. The van der Waals surface area contributed by atoms with Gasteiger partial charge in [-0.1, -0.05) is 121 Å². The third-order valence-corrected chi connectivity index (χ3v) is 11.2. The zero-order valence-electron chi connectivity index (χ0n) is 29.6. The predicted octanol–water partition coefficient (Wildman–Crippen LogP) is 12.6. The van der Waals surface area contributed by atoms with Crippen molar-refractivity contribution in [3.05, 3.63) is 188 Å². The van der Waals surface area contributed by atoms with Crippen molar-refractivity contribution in [3.8, 4) is 33.9 Å². The Bertz CT molecular complexity index is 3480. The number of rotatable bonds is 4. The molecule has 0 amide bonds. The Morgan fingerprint density at radius 3 is 1.60 bits per heavy atom. The largest absolute Gasteiger partial charge is 0.309 e. The monoisotopic (exact) mass is 701 g/mol. The van der Waals surface area contributed by atoms with Gasteiger partial charge in [-0.3, -0.25) is 8.97 Å². The summed E-state index contributed by atoms with van der Waals surface area (Å²) in [5.74, 6) is 0.828. The Balaban J connectivity index is 0.996.